The van der Waals surface area contributed by atoms with Gasteiger partial charge in [-0.1, -0.05) is 0 Å². The lowest BCUT2D eigenvalue weighted by molar-refractivity contribution is -0.385. The molecule has 86 valence electrons. The van der Waals surface area contributed by atoms with E-state index in [9.17, 15) is 14.5 Å². The van der Waals surface area contributed by atoms with Crippen molar-refractivity contribution in [2.24, 2.45) is 0 Å². The molecule has 1 rings (SSSR count). The third kappa shape index (κ3) is 3.23. The zero-order valence-electron chi connectivity index (χ0n) is 8.60. The smallest absolute Gasteiger partial charge is 0.275 e. The maximum atomic E-state index is 12.8. The predicted octanol–water partition coefficient (Wildman–Crippen LogP) is 2.64. The molecule has 6 heteroatoms. The van der Waals surface area contributed by atoms with Crippen LogP contribution in [-0.4, -0.2) is 16.6 Å². The lowest BCUT2D eigenvalue weighted by Crippen LogP contribution is -2.07. The predicted molar refractivity (Wildman–Crippen MR) is 61.0 cm³/mol. The second-order valence-electron chi connectivity index (χ2n) is 3.01. The van der Waals surface area contributed by atoms with Gasteiger partial charge >= 0.3 is 0 Å². The number of thiocarbonyl (C=S) groups is 1. The summed E-state index contributed by atoms with van der Waals surface area (Å²) in [6, 6.07) is 3.39. The minimum Gasteiger partial charge on any atom is -0.487 e. The Labute approximate surface area is 97.2 Å². The van der Waals surface area contributed by atoms with Crippen LogP contribution < -0.4 is 0 Å². The fourth-order valence-electron chi connectivity index (χ4n) is 1.22. The van der Waals surface area contributed by atoms with Crippen LogP contribution >= 0.6 is 12.2 Å². The van der Waals surface area contributed by atoms with Gasteiger partial charge in [-0.2, -0.15) is 0 Å². The molecule has 0 aliphatic rings. The van der Waals surface area contributed by atoms with Gasteiger partial charge in [0.15, 0.2) is 5.05 Å². The highest BCUT2D eigenvalue weighted by Gasteiger charge is 2.16. The van der Waals surface area contributed by atoms with Crippen molar-refractivity contribution in [3.63, 3.8) is 0 Å². The van der Waals surface area contributed by atoms with Crippen LogP contribution in [0.3, 0.4) is 0 Å². The minimum absolute atomic E-state index is 0.139. The van der Waals surface area contributed by atoms with Crippen LogP contribution in [0.1, 0.15) is 12.5 Å². The number of ether oxygens (including phenoxy) is 1. The Bertz CT molecular complexity index is 423. The van der Waals surface area contributed by atoms with Gasteiger partial charge in [0, 0.05) is 12.0 Å². The first-order chi connectivity index (χ1) is 7.54. The molecule has 0 N–H and O–H groups in total. The molecule has 0 heterocycles. The molecule has 0 bridgehead atoms. The zero-order chi connectivity index (χ0) is 12.1. The number of halogens is 1. The van der Waals surface area contributed by atoms with Crippen molar-refractivity contribution in [1.29, 1.82) is 0 Å². The minimum atomic E-state index is -0.641. The summed E-state index contributed by atoms with van der Waals surface area (Å²) < 4.78 is 17.9. The van der Waals surface area contributed by atoms with Gasteiger partial charge in [-0.15, -0.1) is 0 Å². The Morgan fingerprint density at radius 2 is 2.31 bits per heavy atom. The summed E-state index contributed by atoms with van der Waals surface area (Å²) in [5, 5.41) is 10.9. The second kappa shape index (κ2) is 5.50. The number of nitro groups is 1. The fourth-order valence-corrected chi connectivity index (χ4v) is 1.50. The maximum absolute atomic E-state index is 12.8. The zero-order valence-corrected chi connectivity index (χ0v) is 9.42. The summed E-state index contributed by atoms with van der Waals surface area (Å²) in [7, 11) is 0. The molecule has 0 aliphatic heterocycles. The highest BCUT2D eigenvalue weighted by molar-refractivity contribution is 7.80. The highest BCUT2D eigenvalue weighted by Crippen LogP contribution is 2.20. The van der Waals surface area contributed by atoms with Crippen LogP contribution in [0.25, 0.3) is 0 Å². The molecule has 0 saturated carbocycles. The topological polar surface area (TPSA) is 52.4 Å². The number of rotatable bonds is 4. The van der Waals surface area contributed by atoms with E-state index in [4.69, 9.17) is 17.0 Å². The van der Waals surface area contributed by atoms with Gasteiger partial charge in [-0.05, 0) is 31.3 Å². The largest absolute Gasteiger partial charge is 0.487 e. The molecule has 0 radical (unpaired) electrons. The third-order valence-electron chi connectivity index (χ3n) is 1.88. The summed E-state index contributed by atoms with van der Waals surface area (Å²) in [4.78, 5) is 10.0. The molecular weight excluding hydrogens is 233 g/mol. The molecule has 0 saturated heterocycles. The standard InChI is InChI=1S/C10H10FNO3S/c1-2-15-10(16)5-7-3-4-8(11)6-9(7)12(13)14/h3-4,6H,2,5H2,1H3. The Hall–Kier alpha value is -1.56. The Morgan fingerprint density at radius 1 is 1.62 bits per heavy atom. The normalized spacial score (nSPS) is 9.88. The third-order valence-corrected chi connectivity index (χ3v) is 2.15. The van der Waals surface area contributed by atoms with Crippen molar-refractivity contribution in [2.75, 3.05) is 6.61 Å². The summed E-state index contributed by atoms with van der Waals surface area (Å²) in [5.41, 5.74) is 0.0758. The van der Waals surface area contributed by atoms with Crippen LogP contribution in [0, 0.1) is 15.9 Å². The van der Waals surface area contributed by atoms with Crippen molar-refractivity contribution >= 4 is 23.0 Å². The first kappa shape index (κ1) is 12.5. The van der Waals surface area contributed by atoms with Gasteiger partial charge in [0.05, 0.1) is 17.6 Å². The van der Waals surface area contributed by atoms with Gasteiger partial charge in [-0.25, -0.2) is 4.39 Å². The first-order valence-corrected chi connectivity index (χ1v) is 5.04. The molecule has 0 amide bonds. The number of hydrogen-bond acceptors (Lipinski definition) is 4. The van der Waals surface area contributed by atoms with Gasteiger partial charge in [0.25, 0.3) is 5.69 Å². The highest BCUT2D eigenvalue weighted by atomic mass is 32.1. The molecule has 0 unspecified atom stereocenters. The molecular formula is C10H10FNO3S. The van der Waals surface area contributed by atoms with Gasteiger partial charge in [-0.3, -0.25) is 10.1 Å². The van der Waals surface area contributed by atoms with E-state index in [0.717, 1.165) is 12.1 Å². The Balaban J connectivity index is 2.95. The fraction of sp³-hybridized carbons (Fsp3) is 0.300. The molecule has 1 aromatic carbocycles. The van der Waals surface area contributed by atoms with Crippen LogP contribution in [-0.2, 0) is 11.2 Å². The van der Waals surface area contributed by atoms with Crippen LogP contribution in [0.2, 0.25) is 0 Å². The average Bonchev–Trinajstić information content (AvgIpc) is 2.20. The van der Waals surface area contributed by atoms with Crippen molar-refractivity contribution in [3.05, 3.63) is 39.7 Å². The molecule has 4 nitrogen and oxygen atoms in total. The Kier molecular flexibility index (Phi) is 4.30. The first-order valence-electron chi connectivity index (χ1n) is 4.63. The molecule has 16 heavy (non-hydrogen) atoms. The van der Waals surface area contributed by atoms with Crippen molar-refractivity contribution in [1.82, 2.24) is 0 Å². The number of benzene rings is 1. The van der Waals surface area contributed by atoms with E-state index >= 15 is 0 Å². The SMILES string of the molecule is CCOC(=S)Cc1ccc(F)cc1[N+](=O)[O-]. The summed E-state index contributed by atoms with van der Waals surface area (Å²) in [6.07, 6.45) is 0.139. The molecule has 0 spiro atoms. The van der Waals surface area contributed by atoms with Gasteiger partial charge < -0.3 is 4.74 Å². The van der Waals surface area contributed by atoms with Crippen molar-refractivity contribution < 1.29 is 14.1 Å². The van der Waals surface area contributed by atoms with Crippen LogP contribution in [0.5, 0.6) is 0 Å². The van der Waals surface area contributed by atoms with Crippen LogP contribution in [0.4, 0.5) is 10.1 Å². The van der Waals surface area contributed by atoms with E-state index in [1.165, 1.54) is 6.07 Å². The quantitative estimate of drug-likeness (QED) is 0.463. The van der Waals surface area contributed by atoms with E-state index < -0.39 is 10.7 Å². The molecule has 0 aliphatic carbocycles. The van der Waals surface area contributed by atoms with Gasteiger partial charge in [0.2, 0.25) is 0 Å². The van der Waals surface area contributed by atoms with E-state index in [2.05, 4.69) is 0 Å². The molecule has 0 aromatic heterocycles. The summed E-state index contributed by atoms with van der Waals surface area (Å²) in [5.74, 6) is -0.641. The lowest BCUT2D eigenvalue weighted by Gasteiger charge is -2.05. The maximum Gasteiger partial charge on any atom is 0.275 e. The molecule has 0 atom stereocenters. The van der Waals surface area contributed by atoms with Crippen molar-refractivity contribution in [2.45, 2.75) is 13.3 Å². The monoisotopic (exact) mass is 243 g/mol. The molecule has 0 fully saturated rings. The van der Waals surface area contributed by atoms with E-state index in [0.29, 0.717) is 12.2 Å². The van der Waals surface area contributed by atoms with Crippen molar-refractivity contribution in [3.8, 4) is 0 Å². The second-order valence-corrected chi connectivity index (χ2v) is 3.47. The van der Waals surface area contributed by atoms with E-state index in [1.807, 2.05) is 0 Å². The van der Waals surface area contributed by atoms with Gasteiger partial charge in [0.1, 0.15) is 5.82 Å². The van der Waals surface area contributed by atoms with E-state index in [1.54, 1.807) is 6.92 Å². The summed E-state index contributed by atoms with van der Waals surface area (Å²) in [6.45, 7) is 2.18. The average molecular weight is 243 g/mol. The number of nitrogens with zero attached hydrogens (tertiary/aromatic N) is 1. The molecule has 1 aromatic rings. The number of hydrogen-bond donors (Lipinski definition) is 0. The number of nitro benzene ring substituents is 1. The lowest BCUT2D eigenvalue weighted by atomic mass is 10.1. The van der Waals surface area contributed by atoms with Crippen LogP contribution in [0.15, 0.2) is 18.2 Å². The summed E-state index contributed by atoms with van der Waals surface area (Å²) >= 11 is 4.88. The van der Waals surface area contributed by atoms with E-state index in [-0.39, 0.29) is 17.2 Å². The Morgan fingerprint density at radius 3 is 2.88 bits per heavy atom.